The van der Waals surface area contributed by atoms with E-state index in [1.54, 1.807) is 17.5 Å². The van der Waals surface area contributed by atoms with E-state index in [4.69, 9.17) is 4.74 Å². The molecule has 1 unspecified atom stereocenters. The van der Waals surface area contributed by atoms with E-state index in [2.05, 4.69) is 15.6 Å². The van der Waals surface area contributed by atoms with Crippen LogP contribution < -0.4 is 10.1 Å². The number of carbonyl (C=O) groups excluding carboxylic acids is 2. The number of aromatic nitrogens is 3. The summed E-state index contributed by atoms with van der Waals surface area (Å²) in [4.78, 5) is 23.2. The molecule has 2 aliphatic rings. The lowest BCUT2D eigenvalue weighted by molar-refractivity contribution is -0.136. The first kappa shape index (κ1) is 15.3. The van der Waals surface area contributed by atoms with E-state index in [1.165, 1.54) is 17.5 Å². The van der Waals surface area contributed by atoms with Gasteiger partial charge < -0.3 is 4.74 Å². The second-order valence-electron chi connectivity index (χ2n) is 6.22. The van der Waals surface area contributed by atoms with Crippen molar-refractivity contribution in [2.24, 2.45) is 0 Å². The summed E-state index contributed by atoms with van der Waals surface area (Å²) in [6.45, 7) is 0. The van der Waals surface area contributed by atoms with Crippen LogP contribution in [-0.4, -0.2) is 32.9 Å². The molecule has 2 amide bonds. The van der Waals surface area contributed by atoms with Gasteiger partial charge in [-0.25, -0.2) is 4.68 Å². The Morgan fingerprint density at radius 3 is 2.83 bits per heavy atom. The van der Waals surface area contributed by atoms with Gasteiger partial charge in [-0.1, -0.05) is 5.21 Å². The Hall–Kier alpha value is -2.22. The SMILES string of the molecule is O=C1CCC(n2cc(-c3cscc3OC3CCCC3)nn2)C(=O)N1. The summed E-state index contributed by atoms with van der Waals surface area (Å²) in [7, 11) is 0. The molecule has 0 aromatic carbocycles. The fraction of sp³-hybridized carbons (Fsp3) is 0.500. The number of thiophene rings is 1. The predicted molar refractivity (Wildman–Crippen MR) is 87.6 cm³/mol. The molecule has 0 bridgehead atoms. The highest BCUT2D eigenvalue weighted by Crippen LogP contribution is 2.35. The van der Waals surface area contributed by atoms with Gasteiger partial charge in [-0.15, -0.1) is 16.4 Å². The number of imide groups is 1. The standard InChI is InChI=1S/C16H18N4O3S/c21-15-6-5-13(16(22)17-15)20-7-12(18-19-20)11-8-24-9-14(11)23-10-3-1-2-4-10/h7-10,13H,1-6H2,(H,17,21,22). The molecule has 0 radical (unpaired) electrons. The third-order valence-corrected chi connectivity index (χ3v) is 5.26. The fourth-order valence-electron chi connectivity index (χ4n) is 3.24. The Morgan fingerprint density at radius 1 is 1.21 bits per heavy atom. The lowest BCUT2D eigenvalue weighted by Gasteiger charge is -2.20. The summed E-state index contributed by atoms with van der Waals surface area (Å²) in [5.41, 5.74) is 1.60. The highest BCUT2D eigenvalue weighted by Gasteiger charge is 2.29. The van der Waals surface area contributed by atoms with E-state index in [1.807, 2.05) is 10.8 Å². The molecule has 4 rings (SSSR count). The normalized spacial score (nSPS) is 21.9. The zero-order valence-electron chi connectivity index (χ0n) is 13.1. The second-order valence-corrected chi connectivity index (χ2v) is 6.97. The molecule has 2 aromatic heterocycles. The van der Waals surface area contributed by atoms with Gasteiger partial charge in [0, 0.05) is 17.2 Å². The molecule has 7 nitrogen and oxygen atoms in total. The number of nitrogens with one attached hydrogen (secondary N) is 1. The Kier molecular flexibility index (Phi) is 4.05. The molecular formula is C16H18N4O3S. The van der Waals surface area contributed by atoms with E-state index in [-0.39, 0.29) is 17.9 Å². The Morgan fingerprint density at radius 2 is 2.04 bits per heavy atom. The molecule has 126 valence electrons. The fourth-order valence-corrected chi connectivity index (χ4v) is 3.98. The molecule has 1 aliphatic carbocycles. The van der Waals surface area contributed by atoms with Crippen molar-refractivity contribution in [1.82, 2.24) is 20.3 Å². The smallest absolute Gasteiger partial charge is 0.251 e. The lowest BCUT2D eigenvalue weighted by atomic mass is 10.1. The zero-order chi connectivity index (χ0) is 16.5. The summed E-state index contributed by atoms with van der Waals surface area (Å²) in [6.07, 6.45) is 7.43. The molecule has 1 aliphatic heterocycles. The van der Waals surface area contributed by atoms with Gasteiger partial charge in [0.05, 0.1) is 17.9 Å². The Balaban J connectivity index is 1.54. The number of hydrogen-bond donors (Lipinski definition) is 1. The van der Waals surface area contributed by atoms with E-state index < -0.39 is 6.04 Å². The summed E-state index contributed by atoms with van der Waals surface area (Å²) < 4.78 is 7.64. The first-order valence-electron chi connectivity index (χ1n) is 8.19. The summed E-state index contributed by atoms with van der Waals surface area (Å²) in [5.74, 6) is 0.277. The molecule has 3 heterocycles. The molecule has 8 heteroatoms. The van der Waals surface area contributed by atoms with Crippen LogP contribution >= 0.6 is 11.3 Å². The van der Waals surface area contributed by atoms with Crippen LogP contribution in [0.25, 0.3) is 11.3 Å². The summed E-state index contributed by atoms with van der Waals surface area (Å²) in [6, 6.07) is -0.484. The van der Waals surface area contributed by atoms with E-state index in [0.29, 0.717) is 18.5 Å². The molecule has 1 N–H and O–H groups in total. The predicted octanol–water partition coefficient (Wildman–Crippen LogP) is 2.31. The maximum absolute atomic E-state index is 12.0. The summed E-state index contributed by atoms with van der Waals surface area (Å²) in [5, 5.41) is 14.6. The van der Waals surface area contributed by atoms with Crippen molar-refractivity contribution in [3.8, 4) is 17.0 Å². The zero-order valence-corrected chi connectivity index (χ0v) is 13.9. The minimum absolute atomic E-state index is 0.235. The van der Waals surface area contributed by atoms with Gasteiger partial charge in [0.25, 0.3) is 5.91 Å². The van der Waals surface area contributed by atoms with Crippen LogP contribution in [0.3, 0.4) is 0 Å². The minimum atomic E-state index is -0.484. The second kappa shape index (κ2) is 6.35. The number of hydrogen-bond acceptors (Lipinski definition) is 6. The Labute approximate surface area is 143 Å². The van der Waals surface area contributed by atoms with Crippen molar-refractivity contribution in [2.45, 2.75) is 50.7 Å². The first-order chi connectivity index (χ1) is 11.7. The molecule has 2 fully saturated rings. The van der Waals surface area contributed by atoms with Crippen molar-refractivity contribution in [3.05, 3.63) is 17.0 Å². The topological polar surface area (TPSA) is 86.1 Å². The van der Waals surface area contributed by atoms with E-state index in [0.717, 1.165) is 24.2 Å². The van der Waals surface area contributed by atoms with Crippen LogP contribution in [0, 0.1) is 0 Å². The van der Waals surface area contributed by atoms with Crippen molar-refractivity contribution in [2.75, 3.05) is 0 Å². The van der Waals surface area contributed by atoms with Gasteiger partial charge in [0.1, 0.15) is 17.5 Å². The molecule has 1 saturated heterocycles. The number of piperidine rings is 1. The van der Waals surface area contributed by atoms with Gasteiger partial charge in [-0.05, 0) is 32.1 Å². The van der Waals surface area contributed by atoms with Crippen molar-refractivity contribution in [3.63, 3.8) is 0 Å². The van der Waals surface area contributed by atoms with Crippen LogP contribution in [0.2, 0.25) is 0 Å². The van der Waals surface area contributed by atoms with Crippen molar-refractivity contribution in [1.29, 1.82) is 0 Å². The van der Waals surface area contributed by atoms with Crippen LogP contribution in [0.1, 0.15) is 44.6 Å². The first-order valence-corrected chi connectivity index (χ1v) is 9.14. The third-order valence-electron chi connectivity index (χ3n) is 4.54. The highest BCUT2D eigenvalue weighted by molar-refractivity contribution is 7.08. The van der Waals surface area contributed by atoms with Crippen molar-refractivity contribution < 1.29 is 14.3 Å². The third kappa shape index (κ3) is 2.93. The van der Waals surface area contributed by atoms with Crippen LogP contribution in [-0.2, 0) is 9.59 Å². The van der Waals surface area contributed by atoms with Crippen LogP contribution in [0.15, 0.2) is 17.0 Å². The number of carbonyl (C=O) groups is 2. The van der Waals surface area contributed by atoms with Gasteiger partial charge in [0.15, 0.2) is 0 Å². The monoisotopic (exact) mass is 346 g/mol. The lowest BCUT2D eigenvalue weighted by Crippen LogP contribution is -2.41. The van der Waals surface area contributed by atoms with Gasteiger partial charge >= 0.3 is 0 Å². The molecular weight excluding hydrogens is 328 g/mol. The van der Waals surface area contributed by atoms with Gasteiger partial charge in [0.2, 0.25) is 5.91 Å². The highest BCUT2D eigenvalue weighted by atomic mass is 32.1. The number of rotatable bonds is 4. The van der Waals surface area contributed by atoms with Gasteiger partial charge in [-0.2, -0.15) is 0 Å². The molecule has 1 atom stereocenters. The number of amides is 2. The number of nitrogens with zero attached hydrogens (tertiary/aromatic N) is 3. The van der Waals surface area contributed by atoms with E-state index >= 15 is 0 Å². The quantitative estimate of drug-likeness (QED) is 0.859. The molecule has 1 saturated carbocycles. The Bertz CT molecular complexity index is 763. The largest absolute Gasteiger partial charge is 0.489 e. The average Bonchev–Trinajstić information content (AvgIpc) is 3.28. The van der Waals surface area contributed by atoms with Crippen molar-refractivity contribution >= 4 is 23.2 Å². The van der Waals surface area contributed by atoms with Crippen LogP contribution in [0.4, 0.5) is 0 Å². The number of ether oxygens (including phenoxy) is 1. The van der Waals surface area contributed by atoms with E-state index in [9.17, 15) is 9.59 Å². The maximum atomic E-state index is 12.0. The molecule has 2 aromatic rings. The van der Waals surface area contributed by atoms with Crippen LogP contribution in [0.5, 0.6) is 5.75 Å². The van der Waals surface area contributed by atoms with Gasteiger partial charge in [-0.3, -0.25) is 14.9 Å². The minimum Gasteiger partial charge on any atom is -0.489 e. The average molecular weight is 346 g/mol. The molecule has 24 heavy (non-hydrogen) atoms. The molecule has 0 spiro atoms. The summed E-state index contributed by atoms with van der Waals surface area (Å²) >= 11 is 1.56. The maximum Gasteiger partial charge on any atom is 0.251 e.